The third-order valence-corrected chi connectivity index (χ3v) is 3.19. The number of hydrogen-bond donors (Lipinski definition) is 1. The van der Waals surface area contributed by atoms with Crippen molar-refractivity contribution < 1.29 is 0 Å². The number of fused-ring (bicyclic) bond motifs is 3. The predicted octanol–water partition coefficient (Wildman–Crippen LogP) is 4.25. The van der Waals surface area contributed by atoms with Gasteiger partial charge in [0.05, 0.1) is 0 Å². The highest BCUT2D eigenvalue weighted by atomic mass is 14.7. The normalized spacial score (nSPS) is 11.4. The molecule has 0 bridgehead atoms. The Hall–Kier alpha value is -1.76. The largest absolute Gasteiger partial charge is 0.354 e. The van der Waals surface area contributed by atoms with E-state index in [1.54, 1.807) is 0 Å². The maximum atomic E-state index is 3.49. The Bertz CT molecular complexity index is 689. The Morgan fingerprint density at radius 3 is 2.44 bits per heavy atom. The standard InChI is InChI=1S/C15H15N/c1-9-4-5-13-12(7-9)15-11(3)6-10(2)8-14(15)16-13/h4-8,16H,1-3H3. The van der Waals surface area contributed by atoms with Crippen molar-refractivity contribution in [3.8, 4) is 0 Å². The van der Waals surface area contributed by atoms with Crippen LogP contribution in [0.4, 0.5) is 0 Å². The van der Waals surface area contributed by atoms with Gasteiger partial charge in [-0.2, -0.15) is 0 Å². The first-order valence-electron chi connectivity index (χ1n) is 5.64. The van der Waals surface area contributed by atoms with Gasteiger partial charge in [-0.1, -0.05) is 17.7 Å². The van der Waals surface area contributed by atoms with Gasteiger partial charge in [-0.25, -0.2) is 0 Å². The topological polar surface area (TPSA) is 15.8 Å². The Morgan fingerprint density at radius 1 is 0.812 bits per heavy atom. The zero-order chi connectivity index (χ0) is 11.3. The number of aryl methyl sites for hydroxylation is 3. The summed E-state index contributed by atoms with van der Waals surface area (Å²) in [6.45, 7) is 6.47. The van der Waals surface area contributed by atoms with Crippen molar-refractivity contribution in [2.24, 2.45) is 0 Å². The van der Waals surface area contributed by atoms with Crippen LogP contribution in [-0.2, 0) is 0 Å². The average Bonchev–Trinajstić information content (AvgIpc) is 2.54. The molecule has 3 aromatic rings. The van der Waals surface area contributed by atoms with Crippen LogP contribution in [0.2, 0.25) is 0 Å². The van der Waals surface area contributed by atoms with Crippen LogP contribution >= 0.6 is 0 Å². The number of benzene rings is 2. The van der Waals surface area contributed by atoms with Gasteiger partial charge >= 0.3 is 0 Å². The SMILES string of the molecule is Cc1cc(C)c2c(c1)[nH]c1ccc(C)cc12. The van der Waals surface area contributed by atoms with Crippen molar-refractivity contribution in [2.75, 3.05) is 0 Å². The van der Waals surface area contributed by atoms with Gasteiger partial charge in [0.2, 0.25) is 0 Å². The van der Waals surface area contributed by atoms with Crippen molar-refractivity contribution in [3.05, 3.63) is 47.0 Å². The molecule has 1 heterocycles. The molecule has 0 aliphatic heterocycles. The molecule has 16 heavy (non-hydrogen) atoms. The fourth-order valence-electron chi connectivity index (χ4n) is 2.54. The van der Waals surface area contributed by atoms with E-state index in [1.165, 1.54) is 38.5 Å². The number of aromatic amines is 1. The summed E-state index contributed by atoms with van der Waals surface area (Å²) in [5, 5.41) is 2.71. The van der Waals surface area contributed by atoms with E-state index in [9.17, 15) is 0 Å². The molecule has 0 aliphatic rings. The van der Waals surface area contributed by atoms with Crippen LogP contribution in [-0.4, -0.2) is 4.98 Å². The van der Waals surface area contributed by atoms with E-state index in [4.69, 9.17) is 0 Å². The quantitative estimate of drug-likeness (QED) is 0.569. The second-order valence-electron chi connectivity index (χ2n) is 4.68. The molecular formula is C15H15N. The van der Waals surface area contributed by atoms with E-state index < -0.39 is 0 Å². The highest BCUT2D eigenvalue weighted by Gasteiger charge is 2.07. The fourth-order valence-corrected chi connectivity index (χ4v) is 2.54. The van der Waals surface area contributed by atoms with Crippen LogP contribution in [0.25, 0.3) is 21.8 Å². The van der Waals surface area contributed by atoms with Gasteiger partial charge in [0, 0.05) is 21.8 Å². The molecule has 3 rings (SSSR count). The van der Waals surface area contributed by atoms with Gasteiger partial charge in [-0.05, 0) is 50.1 Å². The van der Waals surface area contributed by atoms with Gasteiger partial charge in [-0.3, -0.25) is 0 Å². The Morgan fingerprint density at radius 2 is 1.62 bits per heavy atom. The van der Waals surface area contributed by atoms with E-state index >= 15 is 0 Å². The molecule has 0 fully saturated rings. The number of rotatable bonds is 0. The molecule has 0 unspecified atom stereocenters. The third kappa shape index (κ3) is 1.25. The van der Waals surface area contributed by atoms with Gasteiger partial charge in [-0.15, -0.1) is 0 Å². The van der Waals surface area contributed by atoms with Gasteiger partial charge in [0.15, 0.2) is 0 Å². The first-order chi connectivity index (χ1) is 7.65. The molecule has 0 radical (unpaired) electrons. The molecule has 1 heteroatoms. The monoisotopic (exact) mass is 209 g/mol. The van der Waals surface area contributed by atoms with E-state index in [0.717, 1.165) is 0 Å². The number of aromatic nitrogens is 1. The summed E-state index contributed by atoms with van der Waals surface area (Å²) in [6, 6.07) is 11.0. The van der Waals surface area contributed by atoms with E-state index in [0.29, 0.717) is 0 Å². The van der Waals surface area contributed by atoms with E-state index in [2.05, 4.69) is 56.1 Å². The molecule has 0 saturated heterocycles. The fraction of sp³-hybridized carbons (Fsp3) is 0.200. The summed E-state index contributed by atoms with van der Waals surface area (Å²) in [7, 11) is 0. The van der Waals surface area contributed by atoms with Crippen molar-refractivity contribution in [3.63, 3.8) is 0 Å². The lowest BCUT2D eigenvalue weighted by molar-refractivity contribution is 1.42. The average molecular weight is 209 g/mol. The third-order valence-electron chi connectivity index (χ3n) is 3.19. The van der Waals surface area contributed by atoms with Crippen LogP contribution in [0, 0.1) is 20.8 Å². The number of nitrogens with one attached hydrogen (secondary N) is 1. The maximum absolute atomic E-state index is 3.49. The zero-order valence-electron chi connectivity index (χ0n) is 9.89. The first-order valence-corrected chi connectivity index (χ1v) is 5.64. The van der Waals surface area contributed by atoms with Gasteiger partial charge in [0.25, 0.3) is 0 Å². The molecule has 0 spiro atoms. The minimum Gasteiger partial charge on any atom is -0.354 e. The van der Waals surface area contributed by atoms with Gasteiger partial charge < -0.3 is 4.98 Å². The summed E-state index contributed by atoms with van der Waals surface area (Å²) >= 11 is 0. The minimum absolute atomic E-state index is 1.23. The van der Waals surface area contributed by atoms with Crippen molar-refractivity contribution in [2.45, 2.75) is 20.8 Å². The molecule has 2 aromatic carbocycles. The second-order valence-corrected chi connectivity index (χ2v) is 4.68. The Balaban J connectivity index is 2.57. The van der Waals surface area contributed by atoms with Crippen molar-refractivity contribution in [1.29, 1.82) is 0 Å². The summed E-state index contributed by atoms with van der Waals surface area (Å²) in [5.74, 6) is 0. The molecule has 0 saturated carbocycles. The number of H-pyrrole nitrogens is 1. The highest BCUT2D eigenvalue weighted by molar-refractivity contribution is 6.09. The molecule has 0 aliphatic carbocycles. The second kappa shape index (κ2) is 3.11. The number of hydrogen-bond acceptors (Lipinski definition) is 0. The van der Waals surface area contributed by atoms with E-state index in [1.807, 2.05) is 0 Å². The Labute approximate surface area is 95.1 Å². The molecule has 1 aromatic heterocycles. The van der Waals surface area contributed by atoms with E-state index in [-0.39, 0.29) is 0 Å². The van der Waals surface area contributed by atoms with Crippen LogP contribution < -0.4 is 0 Å². The molecule has 0 amide bonds. The van der Waals surface area contributed by atoms with Crippen LogP contribution in [0.3, 0.4) is 0 Å². The lowest BCUT2D eigenvalue weighted by atomic mass is 10.0. The predicted molar refractivity (Wildman–Crippen MR) is 70.0 cm³/mol. The first kappa shape index (κ1) is 9.46. The highest BCUT2D eigenvalue weighted by Crippen LogP contribution is 2.29. The molecule has 0 atom stereocenters. The molecule has 1 nitrogen and oxygen atoms in total. The molecular weight excluding hydrogens is 194 g/mol. The van der Waals surface area contributed by atoms with Crippen LogP contribution in [0.5, 0.6) is 0 Å². The summed E-state index contributed by atoms with van der Waals surface area (Å²) in [6.07, 6.45) is 0. The minimum atomic E-state index is 1.23. The molecule has 80 valence electrons. The smallest absolute Gasteiger partial charge is 0.0470 e. The lowest BCUT2D eigenvalue weighted by Gasteiger charge is -2.00. The van der Waals surface area contributed by atoms with Crippen molar-refractivity contribution in [1.82, 2.24) is 4.98 Å². The van der Waals surface area contributed by atoms with Crippen LogP contribution in [0.1, 0.15) is 16.7 Å². The summed E-state index contributed by atoms with van der Waals surface area (Å²) in [5.41, 5.74) is 6.46. The summed E-state index contributed by atoms with van der Waals surface area (Å²) in [4.78, 5) is 3.49. The van der Waals surface area contributed by atoms with Crippen molar-refractivity contribution >= 4 is 21.8 Å². The zero-order valence-corrected chi connectivity index (χ0v) is 9.89. The maximum Gasteiger partial charge on any atom is 0.0470 e. The Kier molecular flexibility index (Phi) is 1.84. The van der Waals surface area contributed by atoms with Gasteiger partial charge in [0.1, 0.15) is 0 Å². The summed E-state index contributed by atoms with van der Waals surface area (Å²) < 4.78 is 0. The molecule has 1 N–H and O–H groups in total. The van der Waals surface area contributed by atoms with Crippen LogP contribution in [0.15, 0.2) is 30.3 Å². The lowest BCUT2D eigenvalue weighted by Crippen LogP contribution is -1.78.